The molecule has 0 saturated heterocycles. The molecule has 0 fully saturated rings. The molecule has 0 radical (unpaired) electrons. The molecule has 24 heavy (non-hydrogen) atoms. The summed E-state index contributed by atoms with van der Waals surface area (Å²) in [5, 5.41) is 20.3. The van der Waals surface area contributed by atoms with Crippen molar-refractivity contribution >= 4 is 5.97 Å². The second-order valence-electron chi connectivity index (χ2n) is 6.43. The van der Waals surface area contributed by atoms with Crippen molar-refractivity contribution in [1.29, 1.82) is 0 Å². The average molecular weight is 324 g/mol. The highest BCUT2D eigenvalue weighted by Gasteiger charge is 2.51. The Morgan fingerprint density at radius 3 is 2.04 bits per heavy atom. The number of carbonyl (C=O) groups excluding carboxylic acids is 1. The molecule has 3 rings (SSSR count). The first-order valence-electron chi connectivity index (χ1n) is 7.96. The van der Waals surface area contributed by atoms with Crippen LogP contribution in [0.4, 0.5) is 0 Å². The van der Waals surface area contributed by atoms with Crippen molar-refractivity contribution in [1.82, 2.24) is 0 Å². The average Bonchev–Trinajstić information content (AvgIpc) is 2.81. The number of ether oxygens (including phenoxy) is 1. The van der Waals surface area contributed by atoms with E-state index >= 15 is 0 Å². The number of rotatable bonds is 4. The first kappa shape index (κ1) is 16.1. The lowest BCUT2D eigenvalue weighted by molar-refractivity contribution is -0.147. The molecule has 4 heteroatoms. The predicted molar refractivity (Wildman–Crippen MR) is 90.6 cm³/mol. The maximum atomic E-state index is 11.9. The van der Waals surface area contributed by atoms with Gasteiger partial charge in [0.15, 0.2) is 5.76 Å². The lowest BCUT2D eigenvalue weighted by atomic mass is 9.84. The molecule has 2 aromatic carbocycles. The second kappa shape index (κ2) is 6.04. The molecule has 2 aromatic rings. The van der Waals surface area contributed by atoms with E-state index in [1.807, 2.05) is 30.3 Å². The molecule has 0 aliphatic carbocycles. The van der Waals surface area contributed by atoms with Gasteiger partial charge in [-0.25, -0.2) is 4.79 Å². The van der Waals surface area contributed by atoms with Gasteiger partial charge >= 0.3 is 5.97 Å². The topological polar surface area (TPSA) is 66.8 Å². The molecule has 2 N–H and O–H groups in total. The summed E-state index contributed by atoms with van der Waals surface area (Å²) in [5.41, 5.74) is 0.834. The fourth-order valence-electron chi connectivity index (χ4n) is 3.08. The number of esters is 1. The van der Waals surface area contributed by atoms with Crippen molar-refractivity contribution in [3.8, 4) is 0 Å². The Morgan fingerprint density at radius 2 is 1.54 bits per heavy atom. The zero-order chi connectivity index (χ0) is 17.3. The van der Waals surface area contributed by atoms with Crippen molar-refractivity contribution < 1.29 is 19.7 Å². The van der Waals surface area contributed by atoms with E-state index in [9.17, 15) is 15.0 Å². The van der Waals surface area contributed by atoms with Gasteiger partial charge in [-0.3, -0.25) is 0 Å². The highest BCUT2D eigenvalue weighted by molar-refractivity contribution is 5.91. The van der Waals surface area contributed by atoms with Crippen LogP contribution in [0, 0.1) is 5.92 Å². The van der Waals surface area contributed by atoms with E-state index in [2.05, 4.69) is 13.8 Å². The Balaban J connectivity index is 2.12. The first-order chi connectivity index (χ1) is 11.4. The van der Waals surface area contributed by atoms with Gasteiger partial charge in [0.05, 0.1) is 0 Å². The van der Waals surface area contributed by atoms with Gasteiger partial charge < -0.3 is 14.9 Å². The van der Waals surface area contributed by atoms with Crippen LogP contribution in [0.3, 0.4) is 0 Å². The van der Waals surface area contributed by atoms with E-state index < -0.39 is 23.1 Å². The van der Waals surface area contributed by atoms with Crippen molar-refractivity contribution in [2.24, 2.45) is 5.92 Å². The molecular weight excluding hydrogens is 304 g/mol. The molecule has 0 bridgehead atoms. The molecule has 0 aromatic heterocycles. The van der Waals surface area contributed by atoms with Crippen LogP contribution in [0.5, 0.6) is 0 Å². The molecule has 0 amide bonds. The van der Waals surface area contributed by atoms with Gasteiger partial charge in [-0.2, -0.15) is 0 Å². The molecule has 1 heterocycles. The Kier molecular flexibility index (Phi) is 4.06. The Bertz CT molecular complexity index is 775. The third-order valence-electron chi connectivity index (χ3n) is 4.18. The van der Waals surface area contributed by atoms with Crippen molar-refractivity contribution in [3.63, 3.8) is 0 Å². The van der Waals surface area contributed by atoms with Gasteiger partial charge in [0.1, 0.15) is 0 Å². The van der Waals surface area contributed by atoms with E-state index in [1.165, 1.54) is 0 Å². The zero-order valence-electron chi connectivity index (χ0n) is 13.7. The lowest BCUT2D eigenvalue weighted by Gasteiger charge is -2.29. The van der Waals surface area contributed by atoms with Crippen molar-refractivity contribution in [3.05, 3.63) is 82.8 Å². The minimum atomic E-state index is -1.50. The normalized spacial score (nSPS) is 20.5. The summed E-state index contributed by atoms with van der Waals surface area (Å²) in [6.07, 6.45) is 0.936. The van der Waals surface area contributed by atoms with Gasteiger partial charge in [0, 0.05) is 11.1 Å². The number of carbonyl (C=O) groups is 1. The molecular formula is C20H20O4. The van der Waals surface area contributed by atoms with Gasteiger partial charge in [-0.15, -0.1) is 0 Å². The van der Waals surface area contributed by atoms with E-state index in [-0.39, 0.29) is 0 Å². The van der Waals surface area contributed by atoms with Gasteiger partial charge in [0.2, 0.25) is 11.4 Å². The highest BCUT2D eigenvalue weighted by atomic mass is 16.6. The maximum absolute atomic E-state index is 11.9. The number of hydrogen-bond donors (Lipinski definition) is 2. The summed E-state index contributed by atoms with van der Waals surface area (Å²) in [6.45, 7) is 4.29. The molecule has 124 valence electrons. The molecule has 1 unspecified atom stereocenters. The predicted octanol–water partition coefficient (Wildman–Crippen LogP) is 4.01. The largest absolute Gasteiger partial charge is 0.504 e. The number of aliphatic hydroxyl groups is 2. The van der Waals surface area contributed by atoms with Crippen LogP contribution in [0.15, 0.2) is 66.1 Å². The molecule has 0 spiro atoms. The van der Waals surface area contributed by atoms with Gasteiger partial charge in [-0.05, 0) is 17.9 Å². The summed E-state index contributed by atoms with van der Waals surface area (Å²) < 4.78 is 5.45. The third kappa shape index (κ3) is 2.54. The van der Waals surface area contributed by atoms with Crippen LogP contribution in [0.25, 0.3) is 0 Å². The summed E-state index contributed by atoms with van der Waals surface area (Å²) in [5.74, 6) is -1.62. The fraction of sp³-hybridized carbons (Fsp3) is 0.250. The molecule has 1 aliphatic rings. The van der Waals surface area contributed by atoms with Gasteiger partial charge in [-0.1, -0.05) is 68.4 Å². The minimum absolute atomic E-state index is 0.477. The molecule has 1 aliphatic heterocycles. The SMILES string of the molecule is CC(C)Cc1ccc(C2(c3ccccc3)OC(=O)C(O)=C2O)cc1. The van der Waals surface area contributed by atoms with Crippen molar-refractivity contribution in [2.75, 3.05) is 0 Å². The zero-order valence-corrected chi connectivity index (χ0v) is 13.7. The van der Waals surface area contributed by atoms with Crippen LogP contribution in [-0.4, -0.2) is 16.2 Å². The highest BCUT2D eigenvalue weighted by Crippen LogP contribution is 2.44. The Labute approximate surface area is 141 Å². The smallest absolute Gasteiger partial charge is 0.378 e. The van der Waals surface area contributed by atoms with Crippen LogP contribution in [0.2, 0.25) is 0 Å². The third-order valence-corrected chi connectivity index (χ3v) is 4.18. The number of hydrogen-bond acceptors (Lipinski definition) is 4. The van der Waals surface area contributed by atoms with E-state index in [4.69, 9.17) is 4.74 Å². The lowest BCUT2D eigenvalue weighted by Crippen LogP contribution is -2.31. The quantitative estimate of drug-likeness (QED) is 0.834. The Hall–Kier alpha value is -2.75. The van der Waals surface area contributed by atoms with Crippen LogP contribution in [0.1, 0.15) is 30.5 Å². The fourth-order valence-corrected chi connectivity index (χ4v) is 3.08. The van der Waals surface area contributed by atoms with Crippen LogP contribution < -0.4 is 0 Å². The summed E-state index contributed by atoms with van der Waals surface area (Å²) in [6, 6.07) is 16.5. The number of cyclic esters (lactones) is 1. The summed E-state index contributed by atoms with van der Waals surface area (Å²) >= 11 is 0. The number of benzene rings is 2. The monoisotopic (exact) mass is 324 g/mol. The van der Waals surface area contributed by atoms with Crippen LogP contribution in [-0.2, 0) is 21.6 Å². The first-order valence-corrected chi connectivity index (χ1v) is 7.96. The van der Waals surface area contributed by atoms with E-state index in [0.29, 0.717) is 17.0 Å². The number of aliphatic hydroxyl groups excluding tert-OH is 2. The molecule has 0 saturated carbocycles. The van der Waals surface area contributed by atoms with Crippen molar-refractivity contribution in [2.45, 2.75) is 25.9 Å². The minimum Gasteiger partial charge on any atom is -0.504 e. The maximum Gasteiger partial charge on any atom is 0.378 e. The van der Waals surface area contributed by atoms with E-state index in [0.717, 1.165) is 12.0 Å². The molecule has 4 nitrogen and oxygen atoms in total. The Morgan fingerprint density at radius 1 is 0.958 bits per heavy atom. The summed E-state index contributed by atoms with van der Waals surface area (Å²) in [7, 11) is 0. The van der Waals surface area contributed by atoms with Crippen LogP contribution >= 0.6 is 0 Å². The van der Waals surface area contributed by atoms with E-state index in [1.54, 1.807) is 24.3 Å². The standard InChI is InChI=1S/C20H20O4/c1-13(2)12-14-8-10-16(11-9-14)20(15-6-4-3-5-7-15)18(22)17(21)19(23)24-20/h3-11,13,21-22H,12H2,1-2H3. The molecule has 1 atom stereocenters. The summed E-state index contributed by atoms with van der Waals surface area (Å²) in [4.78, 5) is 11.9. The second-order valence-corrected chi connectivity index (χ2v) is 6.43. The van der Waals surface area contributed by atoms with Gasteiger partial charge in [0.25, 0.3) is 0 Å².